The summed E-state index contributed by atoms with van der Waals surface area (Å²) in [6, 6.07) is 16.5. The van der Waals surface area contributed by atoms with Crippen LogP contribution in [-0.2, 0) is 9.53 Å². The number of amides is 1. The van der Waals surface area contributed by atoms with Crippen molar-refractivity contribution >= 4 is 29.2 Å². The molecule has 0 unspecified atom stereocenters. The van der Waals surface area contributed by atoms with E-state index < -0.39 is 5.97 Å². The van der Waals surface area contributed by atoms with Crippen molar-refractivity contribution in [2.24, 2.45) is 0 Å². The molecule has 1 amide bonds. The Morgan fingerprint density at radius 1 is 1.07 bits per heavy atom. The van der Waals surface area contributed by atoms with Crippen molar-refractivity contribution in [3.63, 3.8) is 0 Å². The molecule has 3 aromatic rings. The lowest BCUT2D eigenvalue weighted by Gasteiger charge is -2.11. The van der Waals surface area contributed by atoms with Crippen LogP contribution in [0.5, 0.6) is 0 Å². The number of methoxy groups -OCH3 is 1. The van der Waals surface area contributed by atoms with Crippen LogP contribution < -0.4 is 5.32 Å². The number of nitrogens with one attached hydrogen (secondary N) is 1. The van der Waals surface area contributed by atoms with Gasteiger partial charge in [0, 0.05) is 22.6 Å². The number of carbonyl (C=O) groups excluding carboxylic acids is 2. The van der Waals surface area contributed by atoms with E-state index in [0.29, 0.717) is 17.0 Å². The fourth-order valence-corrected chi connectivity index (χ4v) is 3.14. The molecule has 0 atom stereocenters. The van der Waals surface area contributed by atoms with Crippen LogP contribution in [0.1, 0.15) is 21.7 Å². The lowest BCUT2D eigenvalue weighted by atomic mass is 10.1. The topological polar surface area (TPSA) is 60.3 Å². The average molecular weight is 362 g/mol. The van der Waals surface area contributed by atoms with Gasteiger partial charge in [-0.3, -0.25) is 4.79 Å². The van der Waals surface area contributed by atoms with E-state index in [0.717, 1.165) is 11.3 Å². The molecule has 0 bridgehead atoms. The van der Waals surface area contributed by atoms with Crippen LogP contribution in [0.4, 0.5) is 10.1 Å². The fraction of sp³-hybridized carbons (Fsp3) is 0.0476. The van der Waals surface area contributed by atoms with Crippen molar-refractivity contribution in [1.29, 1.82) is 0 Å². The van der Waals surface area contributed by atoms with Crippen LogP contribution in [-0.4, -0.2) is 23.6 Å². The third-order valence-electron chi connectivity index (χ3n) is 4.39. The monoisotopic (exact) mass is 362 g/mol. The number of halogens is 1. The van der Waals surface area contributed by atoms with Gasteiger partial charge in [-0.15, -0.1) is 0 Å². The minimum Gasteiger partial charge on any atom is -0.464 e. The molecule has 2 aromatic carbocycles. The minimum absolute atomic E-state index is 0.220. The zero-order valence-electron chi connectivity index (χ0n) is 14.4. The third-order valence-corrected chi connectivity index (χ3v) is 4.39. The Labute approximate surface area is 154 Å². The molecule has 6 heteroatoms. The van der Waals surface area contributed by atoms with Crippen LogP contribution in [0.15, 0.2) is 60.7 Å². The second-order valence-electron chi connectivity index (χ2n) is 6.00. The molecule has 0 fully saturated rings. The highest BCUT2D eigenvalue weighted by Gasteiger charge is 2.25. The van der Waals surface area contributed by atoms with Crippen molar-refractivity contribution in [3.05, 3.63) is 83.4 Å². The van der Waals surface area contributed by atoms with E-state index in [1.165, 1.54) is 19.2 Å². The Bertz CT molecular complexity index is 1080. The first-order valence-corrected chi connectivity index (χ1v) is 8.27. The van der Waals surface area contributed by atoms with Gasteiger partial charge in [-0.1, -0.05) is 18.2 Å². The van der Waals surface area contributed by atoms with Crippen LogP contribution in [0.25, 0.3) is 17.3 Å². The first-order valence-electron chi connectivity index (χ1n) is 8.27. The minimum atomic E-state index is -0.528. The predicted molar refractivity (Wildman–Crippen MR) is 100 cm³/mol. The lowest BCUT2D eigenvalue weighted by molar-refractivity contribution is -0.110. The van der Waals surface area contributed by atoms with Gasteiger partial charge < -0.3 is 14.6 Å². The number of fused-ring (bicyclic) bond motifs is 1. The van der Waals surface area contributed by atoms with Crippen molar-refractivity contribution in [2.75, 3.05) is 12.4 Å². The van der Waals surface area contributed by atoms with Gasteiger partial charge >= 0.3 is 5.97 Å². The van der Waals surface area contributed by atoms with Crippen molar-refractivity contribution in [3.8, 4) is 5.69 Å². The lowest BCUT2D eigenvalue weighted by Crippen LogP contribution is -2.10. The first kappa shape index (κ1) is 16.8. The molecular weight excluding hydrogens is 347 g/mol. The van der Waals surface area contributed by atoms with E-state index in [4.69, 9.17) is 4.74 Å². The number of anilines is 1. The van der Waals surface area contributed by atoms with Gasteiger partial charge in [0.05, 0.1) is 12.7 Å². The second-order valence-corrected chi connectivity index (χ2v) is 6.00. The van der Waals surface area contributed by atoms with E-state index in [-0.39, 0.29) is 17.4 Å². The molecular formula is C21H15FN2O3. The molecule has 1 aliphatic rings. The molecule has 0 saturated heterocycles. The number of nitrogens with zero attached hydrogens (tertiary/aromatic N) is 1. The molecule has 4 rings (SSSR count). The maximum absolute atomic E-state index is 13.3. The quantitative estimate of drug-likeness (QED) is 0.568. The molecule has 27 heavy (non-hydrogen) atoms. The molecule has 0 radical (unpaired) electrons. The molecule has 1 aromatic heterocycles. The van der Waals surface area contributed by atoms with Gasteiger partial charge in [-0.05, 0) is 48.5 Å². The summed E-state index contributed by atoms with van der Waals surface area (Å²) in [5.41, 5.74) is 3.48. The SMILES string of the molecule is COC(=O)c1ccc(/C=C2\C(=O)Nc3ccccc32)n1-c1ccc(F)cc1. The molecule has 2 heterocycles. The van der Waals surface area contributed by atoms with Crippen LogP contribution in [0.3, 0.4) is 0 Å². The Hall–Kier alpha value is -3.67. The highest BCUT2D eigenvalue weighted by atomic mass is 19.1. The number of benzene rings is 2. The maximum Gasteiger partial charge on any atom is 0.355 e. The van der Waals surface area contributed by atoms with E-state index in [1.807, 2.05) is 24.3 Å². The Morgan fingerprint density at radius 2 is 1.81 bits per heavy atom. The fourth-order valence-electron chi connectivity index (χ4n) is 3.14. The summed E-state index contributed by atoms with van der Waals surface area (Å²) >= 11 is 0. The zero-order chi connectivity index (χ0) is 19.0. The van der Waals surface area contributed by atoms with Gasteiger partial charge in [-0.25, -0.2) is 9.18 Å². The summed E-state index contributed by atoms with van der Waals surface area (Å²) < 4.78 is 19.8. The summed E-state index contributed by atoms with van der Waals surface area (Å²) in [7, 11) is 1.29. The van der Waals surface area contributed by atoms with Gasteiger partial charge in [-0.2, -0.15) is 0 Å². The van der Waals surface area contributed by atoms with Crippen molar-refractivity contribution < 1.29 is 18.7 Å². The second kappa shape index (κ2) is 6.57. The van der Waals surface area contributed by atoms with Crippen molar-refractivity contribution in [2.45, 2.75) is 0 Å². The first-order chi connectivity index (χ1) is 13.1. The van der Waals surface area contributed by atoms with E-state index in [9.17, 15) is 14.0 Å². The summed E-state index contributed by atoms with van der Waals surface area (Å²) in [6.45, 7) is 0. The Kier molecular flexibility index (Phi) is 4.08. The van der Waals surface area contributed by atoms with Gasteiger partial charge in [0.1, 0.15) is 11.5 Å². The molecule has 1 aliphatic heterocycles. The summed E-state index contributed by atoms with van der Waals surface area (Å²) in [6.07, 6.45) is 1.71. The zero-order valence-corrected chi connectivity index (χ0v) is 14.4. The summed E-state index contributed by atoms with van der Waals surface area (Å²) in [4.78, 5) is 24.6. The van der Waals surface area contributed by atoms with E-state index in [2.05, 4.69) is 5.32 Å². The van der Waals surface area contributed by atoms with Gasteiger partial charge in [0.2, 0.25) is 0 Å². The highest BCUT2D eigenvalue weighted by Crippen LogP contribution is 2.33. The standard InChI is InChI=1S/C21H15FN2O3/c1-27-21(26)19-11-10-15(24(19)14-8-6-13(22)7-9-14)12-17-16-4-2-3-5-18(16)23-20(17)25/h2-12H,1H3,(H,23,25)/b17-12-. The smallest absolute Gasteiger partial charge is 0.355 e. The van der Waals surface area contributed by atoms with Crippen LogP contribution in [0.2, 0.25) is 0 Å². The molecule has 0 saturated carbocycles. The molecule has 0 aliphatic carbocycles. The maximum atomic E-state index is 13.3. The predicted octanol–water partition coefficient (Wildman–Crippen LogP) is 3.90. The number of esters is 1. The van der Waals surface area contributed by atoms with Crippen LogP contribution in [0, 0.1) is 5.82 Å². The number of hydrogen-bond donors (Lipinski definition) is 1. The van der Waals surface area contributed by atoms with Gasteiger partial charge in [0.15, 0.2) is 0 Å². The number of carbonyl (C=O) groups is 2. The molecule has 0 spiro atoms. The number of rotatable bonds is 3. The molecule has 5 nitrogen and oxygen atoms in total. The third kappa shape index (κ3) is 2.91. The summed E-state index contributed by atoms with van der Waals surface area (Å²) in [5, 5.41) is 2.82. The summed E-state index contributed by atoms with van der Waals surface area (Å²) in [5.74, 6) is -1.13. The Morgan fingerprint density at radius 3 is 2.56 bits per heavy atom. The van der Waals surface area contributed by atoms with E-state index in [1.54, 1.807) is 34.9 Å². The highest BCUT2D eigenvalue weighted by molar-refractivity contribution is 6.34. The van der Waals surface area contributed by atoms with E-state index >= 15 is 0 Å². The molecule has 1 N–H and O–H groups in total. The largest absolute Gasteiger partial charge is 0.464 e. The van der Waals surface area contributed by atoms with Gasteiger partial charge in [0.25, 0.3) is 5.91 Å². The van der Waals surface area contributed by atoms with Crippen molar-refractivity contribution in [1.82, 2.24) is 4.57 Å². The average Bonchev–Trinajstić information content (AvgIpc) is 3.23. The van der Waals surface area contributed by atoms with Crippen LogP contribution >= 0.6 is 0 Å². The Balaban J connectivity index is 1.89. The normalized spacial score (nSPS) is 14.1. The number of hydrogen-bond acceptors (Lipinski definition) is 3. The number of para-hydroxylation sites is 1. The number of ether oxygens (including phenoxy) is 1. The molecule has 134 valence electrons. The number of aromatic nitrogens is 1.